The van der Waals surface area contributed by atoms with E-state index in [-0.39, 0.29) is 11.3 Å². The third-order valence-electron chi connectivity index (χ3n) is 17.1. The number of piperidine rings is 2. The minimum absolute atomic E-state index is 0.285. The van der Waals surface area contributed by atoms with Gasteiger partial charge in [0.1, 0.15) is 11.5 Å². The largest absolute Gasteiger partial charge is 0.494 e. The molecule has 4 aromatic carbocycles. The van der Waals surface area contributed by atoms with Crippen LogP contribution in [-0.4, -0.2) is 86.7 Å². The van der Waals surface area contributed by atoms with Crippen molar-refractivity contribution in [2.45, 2.75) is 128 Å². The maximum absolute atomic E-state index is 13.7. The zero-order chi connectivity index (χ0) is 48.8. The number of benzene rings is 4. The highest BCUT2D eigenvalue weighted by Gasteiger charge is 2.56. The number of nitrogens with one attached hydrogen (secondary N) is 1. The van der Waals surface area contributed by atoms with Crippen molar-refractivity contribution in [1.29, 1.82) is 10.5 Å². The van der Waals surface area contributed by atoms with E-state index in [0.29, 0.717) is 41.5 Å². The third kappa shape index (κ3) is 11.4. The summed E-state index contributed by atoms with van der Waals surface area (Å²) in [4.78, 5) is 21.5. The van der Waals surface area contributed by atoms with Gasteiger partial charge in [-0.25, -0.2) is 0 Å². The number of likely N-dealkylation sites (N-methyl/N-ethyl adjacent to an activating group) is 1. The second-order valence-corrected chi connectivity index (χ2v) is 20.9. The molecule has 2 atom stereocenters. The summed E-state index contributed by atoms with van der Waals surface area (Å²) in [5, 5.41) is 21.1. The van der Waals surface area contributed by atoms with E-state index in [1.807, 2.05) is 50.2 Å². The fourth-order valence-corrected chi connectivity index (χ4v) is 14.0. The van der Waals surface area contributed by atoms with Gasteiger partial charge in [-0.3, -0.25) is 4.79 Å². The average molecular weight is 945 g/mol. The van der Waals surface area contributed by atoms with E-state index in [4.69, 9.17) is 20.0 Å². The number of rotatable bonds is 14. The summed E-state index contributed by atoms with van der Waals surface area (Å²) < 4.78 is 11.8. The molecular weight excluding hydrogens is 865 g/mol. The smallest absolute Gasteiger partial charge is 0.231 e. The van der Waals surface area contributed by atoms with E-state index in [1.165, 1.54) is 95.0 Å². The van der Waals surface area contributed by atoms with Crippen molar-refractivity contribution < 1.29 is 14.3 Å². The predicted molar refractivity (Wildman–Crippen MR) is 281 cm³/mol. The monoisotopic (exact) mass is 945 g/mol. The van der Waals surface area contributed by atoms with Crippen molar-refractivity contribution in [3.8, 4) is 23.6 Å². The zero-order valence-corrected chi connectivity index (χ0v) is 42.7. The number of hydrogen-bond acceptors (Lipinski definition) is 8. The van der Waals surface area contributed by atoms with Gasteiger partial charge in [0.25, 0.3) is 0 Å². The molecule has 2 saturated heterocycles. The van der Waals surface area contributed by atoms with Crippen LogP contribution in [0.2, 0.25) is 0 Å². The van der Waals surface area contributed by atoms with Crippen molar-refractivity contribution >= 4 is 5.91 Å². The fraction of sp³-hybridized carbons (Fsp3) is 0.557. The Labute approximate surface area is 420 Å². The van der Waals surface area contributed by atoms with Gasteiger partial charge in [-0.2, -0.15) is 10.5 Å². The molecule has 0 aromatic heterocycles. The quantitative estimate of drug-likeness (QED) is 0.125. The zero-order valence-electron chi connectivity index (χ0n) is 42.7. The highest BCUT2D eigenvalue weighted by Crippen LogP contribution is 2.54. The highest BCUT2D eigenvalue weighted by molar-refractivity contribution is 5.91. The summed E-state index contributed by atoms with van der Waals surface area (Å²) in [6, 6.07) is 37.1. The van der Waals surface area contributed by atoms with Crippen LogP contribution in [0.4, 0.5) is 0 Å². The molecule has 4 aliphatic heterocycles. The maximum atomic E-state index is 13.7. The minimum Gasteiger partial charge on any atom is -0.494 e. The third-order valence-corrected chi connectivity index (χ3v) is 17.1. The molecule has 372 valence electrons. The van der Waals surface area contributed by atoms with Crippen LogP contribution in [-0.2, 0) is 28.7 Å². The lowest BCUT2D eigenvalue weighted by atomic mass is 9.57. The van der Waals surface area contributed by atoms with Crippen molar-refractivity contribution in [2.24, 2.45) is 23.7 Å². The second-order valence-electron chi connectivity index (χ2n) is 20.9. The first-order valence-corrected chi connectivity index (χ1v) is 27.2. The van der Waals surface area contributed by atoms with E-state index >= 15 is 0 Å². The Balaban J connectivity index is 0.000000182. The average Bonchev–Trinajstić information content (AvgIpc) is 4.18. The number of nitrogens with zero attached hydrogens (tertiary/aromatic N) is 5. The highest BCUT2D eigenvalue weighted by atomic mass is 16.5. The first-order chi connectivity index (χ1) is 34.4. The molecule has 70 heavy (non-hydrogen) atoms. The summed E-state index contributed by atoms with van der Waals surface area (Å²) in [7, 11) is 2.34. The molecule has 1 amide bonds. The van der Waals surface area contributed by atoms with Crippen LogP contribution < -0.4 is 14.8 Å². The molecule has 0 bridgehead atoms. The summed E-state index contributed by atoms with van der Waals surface area (Å²) in [5.41, 5.74) is 7.22. The van der Waals surface area contributed by atoms with Crippen molar-refractivity contribution in [2.75, 3.05) is 66.1 Å². The van der Waals surface area contributed by atoms with Gasteiger partial charge in [-0.15, -0.1) is 0 Å². The predicted octanol–water partition coefficient (Wildman–Crippen LogP) is 11.4. The van der Waals surface area contributed by atoms with Gasteiger partial charge in [-0.1, -0.05) is 88.1 Å². The Kier molecular flexibility index (Phi) is 18.1. The van der Waals surface area contributed by atoms with E-state index in [9.17, 15) is 4.79 Å². The van der Waals surface area contributed by atoms with Crippen LogP contribution in [0.1, 0.15) is 137 Å². The summed E-state index contributed by atoms with van der Waals surface area (Å²) in [5.74, 6) is 4.45. The molecule has 4 aromatic rings. The number of amides is 1. The van der Waals surface area contributed by atoms with Crippen LogP contribution in [0.3, 0.4) is 0 Å². The Morgan fingerprint density at radius 3 is 1.56 bits per heavy atom. The number of carbonyl (C=O) groups is 1. The van der Waals surface area contributed by atoms with Crippen LogP contribution in [0.25, 0.3) is 0 Å². The van der Waals surface area contributed by atoms with Gasteiger partial charge >= 0.3 is 0 Å². The molecule has 0 radical (unpaired) electrons. The van der Waals surface area contributed by atoms with Crippen LogP contribution in [0.15, 0.2) is 97.1 Å². The maximum Gasteiger partial charge on any atom is 0.231 e. The lowest BCUT2D eigenvalue weighted by Gasteiger charge is -2.53. The van der Waals surface area contributed by atoms with Gasteiger partial charge in [0.15, 0.2) is 0 Å². The molecule has 2 aliphatic carbocycles. The van der Waals surface area contributed by atoms with E-state index in [1.54, 1.807) is 23.3 Å². The first-order valence-electron chi connectivity index (χ1n) is 27.2. The van der Waals surface area contributed by atoms with E-state index in [0.717, 1.165) is 88.3 Å². The molecule has 4 heterocycles. The van der Waals surface area contributed by atoms with Crippen LogP contribution in [0.5, 0.6) is 11.5 Å². The van der Waals surface area contributed by atoms with E-state index < -0.39 is 0 Å². The van der Waals surface area contributed by atoms with Crippen LogP contribution in [0, 0.1) is 46.3 Å². The van der Waals surface area contributed by atoms with E-state index in [2.05, 4.69) is 87.7 Å². The molecular formula is C61H80N6O3. The standard InChI is InChI=1S/C30H39N3O.C29H35N3O2.C2H6/c1-32-22-25-7-2-5-10-29(25)30(23-32,26-8-3-4-9-26)27-15-18-33(19-16-27)17-6-20-34-28-13-11-24(21-31)12-14-28;30-20-22-10-12-26(13-11-22)34-19-5-16-32-17-14-25(15-18-32)29(24-7-2-3-8-24)27-9-4-1-6-23(27)21-31-28(29)33;1-2/h2,5,7,10-14,26-27H,3-4,6,8-9,15-20,22-23H2,1H3;1,4,6,9-13,24-25H,2-3,5,7-8,14-19,21H2,(H,31,33);1-2H3. The Hall–Kier alpha value is -5.19. The number of likely N-dealkylation sites (tertiary alicyclic amines) is 2. The fourth-order valence-electron chi connectivity index (χ4n) is 14.0. The number of nitriles is 2. The van der Waals surface area contributed by atoms with Crippen molar-refractivity contribution in [3.05, 3.63) is 130 Å². The Morgan fingerprint density at radius 1 is 0.586 bits per heavy atom. The molecule has 6 aliphatic rings. The van der Waals surface area contributed by atoms with Gasteiger partial charge in [0.2, 0.25) is 5.91 Å². The molecule has 2 saturated carbocycles. The lowest BCUT2D eigenvalue weighted by Crippen LogP contribution is -2.58. The van der Waals surface area contributed by atoms with Crippen molar-refractivity contribution in [3.63, 3.8) is 0 Å². The van der Waals surface area contributed by atoms with Gasteiger partial charge in [0, 0.05) is 38.1 Å². The SMILES string of the molecule is CC.CN1Cc2ccccc2C(C2CCCC2)(C2CCN(CCCOc3ccc(C#N)cc3)CC2)C1.N#Cc1ccc(OCCCN2CCC(C3(C4CCCC4)C(=O)NCc4ccccc43)CC2)cc1. The normalized spacial score (nSPS) is 23.6. The molecule has 9 heteroatoms. The lowest BCUT2D eigenvalue weighted by molar-refractivity contribution is -0.134. The molecule has 4 fully saturated rings. The number of ether oxygens (including phenoxy) is 2. The molecule has 2 unspecified atom stereocenters. The number of fused-ring (bicyclic) bond motifs is 2. The number of hydrogen-bond donors (Lipinski definition) is 1. The molecule has 9 nitrogen and oxygen atoms in total. The van der Waals surface area contributed by atoms with Gasteiger partial charge in [0.05, 0.1) is 41.9 Å². The minimum atomic E-state index is -0.351. The molecule has 10 rings (SSSR count). The summed E-state index contributed by atoms with van der Waals surface area (Å²) in [6.07, 6.45) is 17.3. The van der Waals surface area contributed by atoms with Crippen LogP contribution >= 0.6 is 0 Å². The summed E-state index contributed by atoms with van der Waals surface area (Å²) >= 11 is 0. The Bertz CT molecular complexity index is 2350. The van der Waals surface area contributed by atoms with Crippen molar-refractivity contribution in [1.82, 2.24) is 20.0 Å². The second kappa shape index (κ2) is 24.8. The molecule has 0 spiro atoms. The topological polar surface area (TPSA) is 105 Å². The van der Waals surface area contributed by atoms with Gasteiger partial charge < -0.3 is 29.5 Å². The summed E-state index contributed by atoms with van der Waals surface area (Å²) in [6.45, 7) is 15.0. The number of carbonyl (C=O) groups excluding carboxylic acids is 1. The molecule has 1 N–H and O–H groups in total. The Morgan fingerprint density at radius 2 is 1.03 bits per heavy atom. The first kappa shape index (κ1) is 51.2. The van der Waals surface area contributed by atoms with Gasteiger partial charge in [-0.05, 0) is 192 Å².